The van der Waals surface area contributed by atoms with Crippen molar-refractivity contribution in [1.82, 2.24) is 10.2 Å². The summed E-state index contributed by atoms with van der Waals surface area (Å²) in [7, 11) is -4.09. The van der Waals surface area contributed by atoms with Gasteiger partial charge in [0.15, 0.2) is 0 Å². The third kappa shape index (κ3) is 6.45. The van der Waals surface area contributed by atoms with Crippen LogP contribution in [0.2, 0.25) is 0 Å². The van der Waals surface area contributed by atoms with E-state index in [4.69, 9.17) is 4.74 Å². The second-order valence-corrected chi connectivity index (χ2v) is 10.1. The number of amides is 1. The normalized spacial score (nSPS) is 15.4. The molecular formula is C26H28FN3O4S. The lowest BCUT2D eigenvalue weighted by Gasteiger charge is -2.31. The van der Waals surface area contributed by atoms with Crippen molar-refractivity contribution in [3.8, 4) is 0 Å². The molecule has 9 heteroatoms. The van der Waals surface area contributed by atoms with Gasteiger partial charge in [-0.25, -0.2) is 12.8 Å². The molecule has 3 aromatic rings. The average Bonchev–Trinajstić information content (AvgIpc) is 2.86. The third-order valence-corrected chi connectivity index (χ3v) is 7.22. The maximum Gasteiger partial charge on any atom is 0.262 e. The van der Waals surface area contributed by atoms with Crippen LogP contribution in [-0.2, 0) is 14.8 Å². The number of benzene rings is 3. The van der Waals surface area contributed by atoms with Crippen molar-refractivity contribution in [3.05, 3.63) is 95.3 Å². The summed E-state index contributed by atoms with van der Waals surface area (Å²) in [5.41, 5.74) is 2.11. The maximum atomic E-state index is 14.0. The first kappa shape index (κ1) is 24.8. The second kappa shape index (κ2) is 11.0. The summed E-state index contributed by atoms with van der Waals surface area (Å²) < 4.78 is 47.3. The molecule has 0 radical (unpaired) electrons. The molecule has 1 fully saturated rings. The lowest BCUT2D eigenvalue weighted by molar-refractivity contribution is 0.0332. The Labute approximate surface area is 205 Å². The molecule has 35 heavy (non-hydrogen) atoms. The highest BCUT2D eigenvalue weighted by Gasteiger charge is 2.22. The van der Waals surface area contributed by atoms with Gasteiger partial charge in [-0.15, -0.1) is 0 Å². The first-order valence-corrected chi connectivity index (χ1v) is 12.8. The lowest BCUT2D eigenvalue weighted by atomic mass is 10.0. The summed E-state index contributed by atoms with van der Waals surface area (Å²) in [5.74, 6) is -1.08. The summed E-state index contributed by atoms with van der Waals surface area (Å²) in [6.45, 7) is 5.43. The number of morpholine rings is 1. The second-order valence-electron chi connectivity index (χ2n) is 8.46. The lowest BCUT2D eigenvalue weighted by Crippen LogP contribution is -2.43. The number of hydrogen-bond acceptors (Lipinski definition) is 5. The number of nitrogens with one attached hydrogen (secondary N) is 2. The van der Waals surface area contributed by atoms with E-state index < -0.39 is 21.7 Å². The molecule has 0 aromatic heterocycles. The molecule has 2 N–H and O–H groups in total. The molecule has 4 rings (SSSR count). The molecule has 0 saturated carbocycles. The standard InChI is InChI=1S/C26H28FN3O4S/c1-19-9-11-20(12-10-19)25(18-30-13-15-34-16-14-30)28-26(31)21-5-4-6-22(17-21)35(32,33)29-24-8-3-2-7-23(24)27/h2-12,17,25,29H,13-16,18H2,1H3,(H,28,31). The first-order chi connectivity index (χ1) is 16.8. The van der Waals surface area contributed by atoms with Crippen molar-refractivity contribution in [2.75, 3.05) is 37.6 Å². The van der Waals surface area contributed by atoms with Gasteiger partial charge in [0, 0.05) is 25.2 Å². The molecule has 1 atom stereocenters. The summed E-state index contributed by atoms with van der Waals surface area (Å²) >= 11 is 0. The summed E-state index contributed by atoms with van der Waals surface area (Å²) in [6, 6.07) is 18.9. The number of para-hydroxylation sites is 1. The largest absolute Gasteiger partial charge is 0.379 e. The van der Waals surface area contributed by atoms with Gasteiger partial charge >= 0.3 is 0 Å². The quantitative estimate of drug-likeness (QED) is 0.495. The van der Waals surface area contributed by atoms with Gasteiger partial charge in [0.05, 0.1) is 29.8 Å². The Morgan fingerprint density at radius 1 is 1.03 bits per heavy atom. The average molecular weight is 498 g/mol. The molecule has 0 bridgehead atoms. The van der Waals surface area contributed by atoms with Gasteiger partial charge in [0.1, 0.15) is 5.82 Å². The molecule has 184 valence electrons. The Morgan fingerprint density at radius 2 is 1.74 bits per heavy atom. The Bertz CT molecular complexity index is 1280. The zero-order valence-corrected chi connectivity index (χ0v) is 20.2. The number of sulfonamides is 1. The predicted octanol–water partition coefficient (Wildman–Crippen LogP) is 3.74. The van der Waals surface area contributed by atoms with Gasteiger partial charge in [0.2, 0.25) is 0 Å². The molecular weight excluding hydrogens is 469 g/mol. The summed E-state index contributed by atoms with van der Waals surface area (Å²) in [4.78, 5) is 15.3. The Morgan fingerprint density at radius 3 is 2.46 bits per heavy atom. The maximum absolute atomic E-state index is 14.0. The minimum atomic E-state index is -4.09. The van der Waals surface area contributed by atoms with E-state index in [1.54, 1.807) is 6.07 Å². The van der Waals surface area contributed by atoms with Crippen LogP contribution in [0.3, 0.4) is 0 Å². The summed E-state index contributed by atoms with van der Waals surface area (Å²) in [6.07, 6.45) is 0. The molecule has 7 nitrogen and oxygen atoms in total. The van der Waals surface area contributed by atoms with Crippen LogP contribution in [0.1, 0.15) is 27.5 Å². The topological polar surface area (TPSA) is 87.7 Å². The number of halogens is 1. The van der Waals surface area contributed by atoms with Gasteiger partial charge in [-0.2, -0.15) is 0 Å². The fourth-order valence-electron chi connectivity index (χ4n) is 3.87. The number of ether oxygens (including phenoxy) is 1. The van der Waals surface area contributed by atoms with Crippen LogP contribution < -0.4 is 10.0 Å². The minimum absolute atomic E-state index is 0.131. The Balaban J connectivity index is 1.54. The van der Waals surface area contributed by atoms with E-state index in [-0.39, 0.29) is 22.2 Å². The van der Waals surface area contributed by atoms with Crippen molar-refractivity contribution in [2.24, 2.45) is 0 Å². The fourth-order valence-corrected chi connectivity index (χ4v) is 4.98. The molecule has 1 amide bonds. The molecule has 1 aliphatic heterocycles. The van der Waals surface area contributed by atoms with Gasteiger partial charge in [-0.05, 0) is 42.8 Å². The van der Waals surface area contributed by atoms with Crippen molar-refractivity contribution in [2.45, 2.75) is 17.9 Å². The molecule has 1 unspecified atom stereocenters. The van der Waals surface area contributed by atoms with Gasteiger partial charge in [-0.3, -0.25) is 14.4 Å². The molecule has 1 saturated heterocycles. The highest BCUT2D eigenvalue weighted by molar-refractivity contribution is 7.92. The molecule has 1 aliphatic rings. The van der Waals surface area contributed by atoms with Crippen LogP contribution in [0, 0.1) is 12.7 Å². The van der Waals surface area contributed by atoms with E-state index in [9.17, 15) is 17.6 Å². The number of carbonyl (C=O) groups excluding carboxylic acids is 1. The van der Waals surface area contributed by atoms with Gasteiger partial charge in [0.25, 0.3) is 15.9 Å². The third-order valence-electron chi connectivity index (χ3n) is 5.85. The van der Waals surface area contributed by atoms with Crippen LogP contribution in [0.25, 0.3) is 0 Å². The number of aryl methyl sites for hydroxylation is 1. The van der Waals surface area contributed by atoms with Crippen LogP contribution in [0.15, 0.2) is 77.7 Å². The zero-order valence-electron chi connectivity index (χ0n) is 19.4. The van der Waals surface area contributed by atoms with E-state index in [2.05, 4.69) is 14.9 Å². The van der Waals surface area contributed by atoms with Crippen LogP contribution in [-0.4, -0.2) is 52.1 Å². The van der Waals surface area contributed by atoms with Crippen LogP contribution in [0.4, 0.5) is 10.1 Å². The number of hydrogen-bond donors (Lipinski definition) is 2. The number of anilines is 1. The van der Waals surface area contributed by atoms with E-state index in [1.165, 1.54) is 42.5 Å². The number of rotatable bonds is 8. The zero-order chi connectivity index (χ0) is 24.8. The van der Waals surface area contributed by atoms with Crippen LogP contribution in [0.5, 0.6) is 0 Å². The number of nitrogens with zero attached hydrogens (tertiary/aromatic N) is 1. The smallest absolute Gasteiger partial charge is 0.262 e. The van der Waals surface area contributed by atoms with E-state index >= 15 is 0 Å². The van der Waals surface area contributed by atoms with Gasteiger partial charge < -0.3 is 10.1 Å². The SMILES string of the molecule is Cc1ccc(C(CN2CCOCC2)NC(=O)c2cccc(S(=O)(=O)Nc3ccccc3F)c2)cc1. The highest BCUT2D eigenvalue weighted by atomic mass is 32.2. The van der Waals surface area contributed by atoms with Gasteiger partial charge in [-0.1, -0.05) is 48.0 Å². The van der Waals surface area contributed by atoms with Crippen molar-refractivity contribution in [1.29, 1.82) is 0 Å². The Kier molecular flexibility index (Phi) is 7.80. The van der Waals surface area contributed by atoms with Crippen LogP contribution >= 0.6 is 0 Å². The molecule has 0 spiro atoms. The fraction of sp³-hybridized carbons (Fsp3) is 0.269. The number of carbonyl (C=O) groups is 1. The molecule has 0 aliphatic carbocycles. The van der Waals surface area contributed by atoms with Crippen molar-refractivity contribution < 1.29 is 22.3 Å². The molecule has 3 aromatic carbocycles. The summed E-state index contributed by atoms with van der Waals surface area (Å²) in [5, 5.41) is 3.06. The minimum Gasteiger partial charge on any atom is -0.379 e. The Hall–Kier alpha value is -3.27. The molecule has 1 heterocycles. The van der Waals surface area contributed by atoms with E-state index in [0.29, 0.717) is 19.8 Å². The van der Waals surface area contributed by atoms with Crippen molar-refractivity contribution in [3.63, 3.8) is 0 Å². The first-order valence-electron chi connectivity index (χ1n) is 11.4. The van der Waals surface area contributed by atoms with E-state index in [1.807, 2.05) is 31.2 Å². The highest BCUT2D eigenvalue weighted by Crippen LogP contribution is 2.21. The van der Waals surface area contributed by atoms with Crippen molar-refractivity contribution >= 4 is 21.6 Å². The monoisotopic (exact) mass is 497 g/mol. The predicted molar refractivity (Wildman–Crippen MR) is 132 cm³/mol. The van der Waals surface area contributed by atoms with E-state index in [0.717, 1.165) is 24.2 Å².